The molecular formula is C13H22O5S. The van der Waals surface area contributed by atoms with Gasteiger partial charge in [-0.2, -0.15) is 12.6 Å². The van der Waals surface area contributed by atoms with Crippen molar-refractivity contribution in [1.29, 1.82) is 0 Å². The van der Waals surface area contributed by atoms with E-state index in [0.717, 1.165) is 0 Å². The van der Waals surface area contributed by atoms with Gasteiger partial charge in [0.1, 0.15) is 13.2 Å². The average Bonchev–Trinajstić information content (AvgIpc) is 2.39. The molecular weight excluding hydrogens is 268 g/mol. The standard InChI is InChI=1S/C13H22O5S/c1-4-13(8-16-5-2,9-17-11(3)14)10-18-12(15)6-7-19/h5,19H,2,4,6-10H2,1,3H3. The van der Waals surface area contributed by atoms with E-state index in [4.69, 9.17) is 14.2 Å². The summed E-state index contributed by atoms with van der Waals surface area (Å²) in [7, 11) is 0. The molecule has 19 heavy (non-hydrogen) atoms. The molecule has 5 nitrogen and oxygen atoms in total. The zero-order chi connectivity index (χ0) is 14.7. The quantitative estimate of drug-likeness (QED) is 0.379. The third kappa shape index (κ3) is 7.77. The summed E-state index contributed by atoms with van der Waals surface area (Å²) >= 11 is 3.96. The number of carbonyl (C=O) groups is 2. The molecule has 1 atom stereocenters. The Hall–Kier alpha value is -1.17. The third-order valence-electron chi connectivity index (χ3n) is 2.69. The highest BCUT2D eigenvalue weighted by molar-refractivity contribution is 7.80. The van der Waals surface area contributed by atoms with Gasteiger partial charge in [0.05, 0.1) is 24.7 Å². The van der Waals surface area contributed by atoms with Crippen molar-refractivity contribution in [1.82, 2.24) is 0 Å². The van der Waals surface area contributed by atoms with Gasteiger partial charge in [-0.25, -0.2) is 0 Å². The van der Waals surface area contributed by atoms with Gasteiger partial charge in [-0.3, -0.25) is 9.59 Å². The van der Waals surface area contributed by atoms with Crippen molar-refractivity contribution in [2.45, 2.75) is 26.7 Å². The molecule has 0 radical (unpaired) electrons. The lowest BCUT2D eigenvalue weighted by atomic mass is 9.88. The molecule has 0 heterocycles. The zero-order valence-electron chi connectivity index (χ0n) is 11.5. The smallest absolute Gasteiger partial charge is 0.306 e. The van der Waals surface area contributed by atoms with E-state index in [0.29, 0.717) is 12.2 Å². The van der Waals surface area contributed by atoms with Gasteiger partial charge in [0, 0.05) is 12.7 Å². The van der Waals surface area contributed by atoms with Crippen molar-refractivity contribution in [2.75, 3.05) is 25.6 Å². The summed E-state index contributed by atoms with van der Waals surface area (Å²) in [6.07, 6.45) is 2.20. The van der Waals surface area contributed by atoms with Crippen LogP contribution in [0.3, 0.4) is 0 Å². The van der Waals surface area contributed by atoms with Crippen LogP contribution in [-0.2, 0) is 23.8 Å². The van der Waals surface area contributed by atoms with Crippen LogP contribution < -0.4 is 0 Å². The van der Waals surface area contributed by atoms with Crippen LogP contribution in [0.2, 0.25) is 0 Å². The van der Waals surface area contributed by atoms with E-state index in [-0.39, 0.29) is 38.2 Å². The lowest BCUT2D eigenvalue weighted by Gasteiger charge is -2.30. The minimum atomic E-state index is -0.549. The second-order valence-electron chi connectivity index (χ2n) is 4.25. The van der Waals surface area contributed by atoms with Gasteiger partial charge < -0.3 is 14.2 Å². The Kier molecular flexibility index (Phi) is 9.12. The molecule has 0 saturated carbocycles. The molecule has 0 rings (SSSR count). The van der Waals surface area contributed by atoms with Crippen LogP contribution in [0.1, 0.15) is 26.7 Å². The zero-order valence-corrected chi connectivity index (χ0v) is 12.4. The van der Waals surface area contributed by atoms with E-state index in [1.807, 2.05) is 6.92 Å². The summed E-state index contributed by atoms with van der Waals surface area (Å²) in [5.74, 6) is -0.266. The van der Waals surface area contributed by atoms with Crippen LogP contribution in [0.25, 0.3) is 0 Å². The lowest BCUT2D eigenvalue weighted by Crippen LogP contribution is -2.37. The van der Waals surface area contributed by atoms with Crippen molar-refractivity contribution >= 4 is 24.6 Å². The first kappa shape index (κ1) is 17.8. The van der Waals surface area contributed by atoms with Gasteiger partial charge in [-0.15, -0.1) is 0 Å². The molecule has 0 aromatic heterocycles. The highest BCUT2D eigenvalue weighted by Gasteiger charge is 2.32. The summed E-state index contributed by atoms with van der Waals surface area (Å²) in [6.45, 7) is 7.27. The van der Waals surface area contributed by atoms with Crippen LogP contribution in [0.4, 0.5) is 0 Å². The van der Waals surface area contributed by atoms with Crippen molar-refractivity contribution in [3.05, 3.63) is 12.8 Å². The summed E-state index contributed by atoms with van der Waals surface area (Å²) in [5.41, 5.74) is -0.549. The maximum atomic E-state index is 11.4. The fourth-order valence-corrected chi connectivity index (χ4v) is 1.50. The molecule has 0 spiro atoms. The average molecular weight is 290 g/mol. The first-order valence-electron chi connectivity index (χ1n) is 6.12. The number of ether oxygens (including phenoxy) is 3. The van der Waals surface area contributed by atoms with Gasteiger partial charge in [-0.1, -0.05) is 13.5 Å². The van der Waals surface area contributed by atoms with Gasteiger partial charge >= 0.3 is 11.9 Å². The molecule has 0 amide bonds. The lowest BCUT2D eigenvalue weighted by molar-refractivity contribution is -0.155. The second-order valence-corrected chi connectivity index (χ2v) is 4.69. The topological polar surface area (TPSA) is 61.8 Å². The third-order valence-corrected chi connectivity index (χ3v) is 2.92. The summed E-state index contributed by atoms with van der Waals surface area (Å²) in [4.78, 5) is 22.3. The molecule has 0 aromatic rings. The highest BCUT2D eigenvalue weighted by atomic mass is 32.1. The van der Waals surface area contributed by atoms with Crippen LogP contribution in [0, 0.1) is 5.41 Å². The van der Waals surface area contributed by atoms with Gasteiger partial charge in [-0.05, 0) is 6.42 Å². The maximum Gasteiger partial charge on any atom is 0.306 e. The van der Waals surface area contributed by atoms with E-state index < -0.39 is 5.41 Å². The molecule has 0 saturated heterocycles. The predicted octanol–water partition coefficient (Wildman–Crippen LogP) is 1.97. The minimum Gasteiger partial charge on any atom is -0.501 e. The van der Waals surface area contributed by atoms with Crippen molar-refractivity contribution in [2.24, 2.45) is 5.41 Å². The number of thiol groups is 1. The maximum absolute atomic E-state index is 11.4. The van der Waals surface area contributed by atoms with Crippen molar-refractivity contribution in [3.8, 4) is 0 Å². The number of rotatable bonds is 10. The highest BCUT2D eigenvalue weighted by Crippen LogP contribution is 2.24. The summed E-state index contributed by atoms with van der Waals surface area (Å²) in [6, 6.07) is 0. The Morgan fingerprint density at radius 3 is 2.37 bits per heavy atom. The van der Waals surface area contributed by atoms with Gasteiger partial charge in [0.15, 0.2) is 0 Å². The second kappa shape index (κ2) is 9.72. The van der Waals surface area contributed by atoms with Crippen LogP contribution >= 0.6 is 12.6 Å². The Morgan fingerprint density at radius 1 is 1.26 bits per heavy atom. The van der Waals surface area contributed by atoms with E-state index >= 15 is 0 Å². The fourth-order valence-electron chi connectivity index (χ4n) is 1.32. The van der Waals surface area contributed by atoms with Crippen LogP contribution in [0.15, 0.2) is 12.8 Å². The SMILES string of the molecule is C=COCC(CC)(COC(C)=O)COC(=O)CCS. The van der Waals surface area contributed by atoms with E-state index in [1.54, 1.807) is 0 Å². The Labute approximate surface area is 119 Å². The van der Waals surface area contributed by atoms with Crippen molar-refractivity contribution in [3.63, 3.8) is 0 Å². The van der Waals surface area contributed by atoms with Gasteiger partial charge in [0.25, 0.3) is 0 Å². The molecule has 1 unspecified atom stereocenters. The first-order chi connectivity index (χ1) is 8.99. The monoisotopic (exact) mass is 290 g/mol. The largest absolute Gasteiger partial charge is 0.501 e. The normalized spacial score (nSPS) is 13.2. The van der Waals surface area contributed by atoms with E-state index in [2.05, 4.69) is 19.2 Å². The molecule has 0 aromatic carbocycles. The molecule has 0 aliphatic heterocycles. The summed E-state index contributed by atoms with van der Waals surface area (Å²) < 4.78 is 15.4. The van der Waals surface area contributed by atoms with Gasteiger partial charge in [0.2, 0.25) is 0 Å². The predicted molar refractivity (Wildman–Crippen MR) is 74.9 cm³/mol. The molecule has 0 aliphatic carbocycles. The Balaban J connectivity index is 4.55. The molecule has 0 fully saturated rings. The minimum absolute atomic E-state index is 0.136. The number of hydrogen-bond acceptors (Lipinski definition) is 6. The van der Waals surface area contributed by atoms with E-state index in [1.165, 1.54) is 13.2 Å². The molecule has 0 N–H and O–H groups in total. The molecule has 6 heteroatoms. The number of carbonyl (C=O) groups excluding carboxylic acids is 2. The summed E-state index contributed by atoms with van der Waals surface area (Å²) in [5, 5.41) is 0. The van der Waals surface area contributed by atoms with Crippen molar-refractivity contribution < 1.29 is 23.8 Å². The number of esters is 2. The van der Waals surface area contributed by atoms with E-state index in [9.17, 15) is 9.59 Å². The Morgan fingerprint density at radius 2 is 1.89 bits per heavy atom. The fraction of sp³-hybridized carbons (Fsp3) is 0.692. The number of hydrogen-bond donors (Lipinski definition) is 1. The first-order valence-corrected chi connectivity index (χ1v) is 6.75. The van der Waals surface area contributed by atoms with Crippen LogP contribution in [-0.4, -0.2) is 37.5 Å². The molecule has 110 valence electrons. The molecule has 0 bridgehead atoms. The molecule has 0 aliphatic rings. The Bertz CT molecular complexity index is 305. The van der Waals surface area contributed by atoms with Crippen LogP contribution in [0.5, 0.6) is 0 Å².